The van der Waals surface area contributed by atoms with Crippen LogP contribution in [0.3, 0.4) is 0 Å². The minimum absolute atomic E-state index is 0.154. The van der Waals surface area contributed by atoms with Gasteiger partial charge in [0.2, 0.25) is 5.91 Å². The van der Waals surface area contributed by atoms with Crippen molar-refractivity contribution in [3.63, 3.8) is 0 Å². The van der Waals surface area contributed by atoms with Gasteiger partial charge in [0.25, 0.3) is 5.91 Å². The largest absolute Gasteiger partial charge is 0.381 e. The van der Waals surface area contributed by atoms with Gasteiger partial charge in [-0.2, -0.15) is 0 Å². The van der Waals surface area contributed by atoms with Crippen molar-refractivity contribution in [2.75, 3.05) is 25.1 Å². The molecule has 0 spiro atoms. The molecular formula is C30H45FN4O3S. The van der Waals surface area contributed by atoms with Crippen molar-refractivity contribution >= 4 is 28.3 Å². The van der Waals surface area contributed by atoms with Gasteiger partial charge in [-0.1, -0.05) is 41.5 Å². The Morgan fingerprint density at radius 1 is 1.10 bits per heavy atom. The third-order valence-electron chi connectivity index (χ3n) is 6.11. The molecule has 0 saturated carbocycles. The Balaban J connectivity index is 0.000000489. The van der Waals surface area contributed by atoms with Crippen LogP contribution in [-0.2, 0) is 16.6 Å². The molecule has 7 nitrogen and oxygen atoms in total. The number of nitrogens with one attached hydrogen (secondary N) is 2. The summed E-state index contributed by atoms with van der Waals surface area (Å²) in [6.45, 7) is 16.1. The number of carbonyl (C=O) groups is 2. The van der Waals surface area contributed by atoms with Crippen LogP contribution < -0.4 is 10.6 Å². The van der Waals surface area contributed by atoms with Gasteiger partial charge >= 0.3 is 0 Å². The normalized spacial score (nSPS) is 16.1. The van der Waals surface area contributed by atoms with Gasteiger partial charge in [-0.05, 0) is 61.4 Å². The highest BCUT2D eigenvalue weighted by atomic mass is 32.1. The monoisotopic (exact) mass is 560 g/mol. The number of benzene rings is 1. The number of aryl methyl sites for hydroxylation is 2. The first kappa shape index (κ1) is 34.0. The molecule has 4 rings (SSSR count). The first-order valence-corrected chi connectivity index (χ1v) is 14.6. The van der Waals surface area contributed by atoms with Crippen LogP contribution in [0.15, 0.2) is 42.0 Å². The number of anilines is 1. The molecule has 1 aliphatic heterocycles. The third-order valence-corrected chi connectivity index (χ3v) is 6.87. The molecule has 1 aliphatic rings. The summed E-state index contributed by atoms with van der Waals surface area (Å²) < 4.78 is 20.4. The molecule has 1 fully saturated rings. The van der Waals surface area contributed by atoms with Crippen molar-refractivity contribution in [3.8, 4) is 11.3 Å². The Hall–Kier alpha value is -3.04. The van der Waals surface area contributed by atoms with Crippen LogP contribution in [0.1, 0.15) is 70.3 Å². The minimum atomic E-state index is -0.370. The van der Waals surface area contributed by atoms with Crippen molar-refractivity contribution in [2.24, 2.45) is 18.9 Å². The molecule has 2 unspecified atom stereocenters. The number of thiazole rings is 1. The number of hydrogen-bond acceptors (Lipinski definition) is 5. The zero-order valence-corrected chi connectivity index (χ0v) is 25.5. The van der Waals surface area contributed by atoms with E-state index < -0.39 is 0 Å². The van der Waals surface area contributed by atoms with Crippen LogP contribution in [-0.4, -0.2) is 41.1 Å². The maximum atomic E-state index is 13.4. The summed E-state index contributed by atoms with van der Waals surface area (Å²) in [7, 11) is 1.81. The molecule has 2 N–H and O–H groups in total. The van der Waals surface area contributed by atoms with E-state index in [9.17, 15) is 14.0 Å². The average molecular weight is 561 g/mol. The van der Waals surface area contributed by atoms with Gasteiger partial charge in [-0.3, -0.25) is 9.59 Å². The summed E-state index contributed by atoms with van der Waals surface area (Å²) in [5.74, 6) is 0.777. The summed E-state index contributed by atoms with van der Waals surface area (Å²) >= 11 is 1.26. The Morgan fingerprint density at radius 3 is 2.31 bits per heavy atom. The van der Waals surface area contributed by atoms with Crippen LogP contribution in [0.2, 0.25) is 0 Å². The number of hydrogen-bond donors (Lipinski definition) is 2. The van der Waals surface area contributed by atoms with Crippen molar-refractivity contribution in [1.82, 2.24) is 14.9 Å². The Bertz CT molecular complexity index is 1130. The molecule has 0 radical (unpaired) electrons. The van der Waals surface area contributed by atoms with Gasteiger partial charge in [-0.25, -0.2) is 9.37 Å². The lowest BCUT2D eigenvalue weighted by atomic mass is 9.92. The van der Waals surface area contributed by atoms with E-state index in [2.05, 4.69) is 29.5 Å². The molecule has 2 atom stereocenters. The van der Waals surface area contributed by atoms with Crippen molar-refractivity contribution in [2.45, 2.75) is 61.3 Å². The van der Waals surface area contributed by atoms with E-state index in [1.807, 2.05) is 34.7 Å². The number of carbonyl (C=O) groups excluding carboxylic acids is 2. The van der Waals surface area contributed by atoms with E-state index in [1.54, 1.807) is 47.5 Å². The zero-order chi connectivity index (χ0) is 29.4. The average Bonchev–Trinajstić information content (AvgIpc) is 3.55. The summed E-state index contributed by atoms with van der Waals surface area (Å²) in [5.41, 5.74) is 2.45. The second kappa shape index (κ2) is 18.3. The van der Waals surface area contributed by atoms with E-state index in [4.69, 9.17) is 4.74 Å². The fraction of sp³-hybridized carbons (Fsp3) is 0.500. The molecule has 2 aromatic heterocycles. The van der Waals surface area contributed by atoms with E-state index in [0.29, 0.717) is 22.0 Å². The second-order valence-corrected chi connectivity index (χ2v) is 9.80. The lowest BCUT2D eigenvalue weighted by molar-refractivity contribution is -0.115. The summed E-state index contributed by atoms with van der Waals surface area (Å²) in [4.78, 5) is 28.2. The first-order chi connectivity index (χ1) is 18.7. The van der Waals surface area contributed by atoms with Crippen LogP contribution in [0, 0.1) is 24.6 Å². The van der Waals surface area contributed by atoms with Gasteiger partial charge in [0.15, 0.2) is 5.13 Å². The highest BCUT2D eigenvalue weighted by Gasteiger charge is 2.15. The fourth-order valence-corrected chi connectivity index (χ4v) is 4.28. The quantitative estimate of drug-likeness (QED) is 0.349. The summed E-state index contributed by atoms with van der Waals surface area (Å²) in [6.07, 6.45) is 5.93. The molecule has 3 aromatic rings. The molecule has 0 bridgehead atoms. The van der Waals surface area contributed by atoms with Crippen LogP contribution in [0.25, 0.3) is 11.3 Å². The molecule has 216 valence electrons. The number of halogens is 1. The number of aromatic nitrogens is 2. The molecule has 0 aliphatic carbocycles. The van der Waals surface area contributed by atoms with Crippen LogP contribution in [0.5, 0.6) is 0 Å². The van der Waals surface area contributed by atoms with Gasteiger partial charge in [0.1, 0.15) is 5.82 Å². The molecule has 2 amide bonds. The van der Waals surface area contributed by atoms with E-state index >= 15 is 0 Å². The summed E-state index contributed by atoms with van der Waals surface area (Å²) in [5, 5.41) is 7.40. The lowest BCUT2D eigenvalue weighted by Gasteiger charge is -2.13. The smallest absolute Gasteiger partial charge is 0.253 e. The number of nitrogens with zero attached hydrogens (tertiary/aromatic N) is 2. The topological polar surface area (TPSA) is 85.3 Å². The predicted octanol–water partition coefficient (Wildman–Crippen LogP) is 7.09. The van der Waals surface area contributed by atoms with Gasteiger partial charge in [-0.15, -0.1) is 11.3 Å². The Morgan fingerprint density at radius 2 is 1.74 bits per heavy atom. The van der Waals surface area contributed by atoms with E-state index in [0.717, 1.165) is 30.6 Å². The van der Waals surface area contributed by atoms with Gasteiger partial charge < -0.3 is 19.9 Å². The third kappa shape index (κ3) is 11.7. The molecule has 9 heteroatoms. The lowest BCUT2D eigenvalue weighted by Crippen LogP contribution is -2.32. The molecule has 1 saturated heterocycles. The van der Waals surface area contributed by atoms with Gasteiger partial charge in [0.05, 0.1) is 17.8 Å². The Labute approximate surface area is 237 Å². The first-order valence-electron chi connectivity index (χ1n) is 13.7. The van der Waals surface area contributed by atoms with E-state index in [-0.39, 0.29) is 24.2 Å². The van der Waals surface area contributed by atoms with Crippen LogP contribution in [0.4, 0.5) is 9.52 Å². The second-order valence-electron chi connectivity index (χ2n) is 8.94. The number of rotatable bonds is 5. The van der Waals surface area contributed by atoms with E-state index in [1.165, 1.54) is 30.2 Å². The number of ether oxygens (including phenoxy) is 1. The Kier molecular flexibility index (Phi) is 15.9. The molecule has 1 aromatic carbocycles. The molecule has 39 heavy (non-hydrogen) atoms. The molecular weight excluding hydrogens is 515 g/mol. The SMILES string of the molecule is CC.CC.CC1CCOCCC1C.Cc1cc(-c2csc(NC(=O)CNC(=O)c3ccn(C)c3)n2)ccc1F. The summed E-state index contributed by atoms with van der Waals surface area (Å²) in [6, 6.07) is 6.41. The fourth-order valence-electron chi connectivity index (χ4n) is 3.54. The zero-order valence-electron chi connectivity index (χ0n) is 24.6. The number of amides is 2. The van der Waals surface area contributed by atoms with Crippen LogP contribution >= 0.6 is 11.3 Å². The molecule has 3 heterocycles. The predicted molar refractivity (Wildman–Crippen MR) is 160 cm³/mol. The highest BCUT2D eigenvalue weighted by molar-refractivity contribution is 7.14. The van der Waals surface area contributed by atoms with Gasteiger partial charge in [0, 0.05) is 43.6 Å². The standard InChI is InChI=1S/C18H17FN4O2S.C8H16O.2C2H6/c1-11-7-12(3-4-14(11)19)15-10-26-18(21-15)22-16(24)8-20-17(25)13-5-6-23(2)9-13;1-7-3-5-9-6-4-8(7)2;2*1-2/h3-7,9-10H,8H2,1-2H3,(H,20,25)(H,21,22,24);7-8H,3-6H2,1-2H3;2*1-2H3. The highest BCUT2D eigenvalue weighted by Crippen LogP contribution is 2.26. The van der Waals surface area contributed by atoms with Crippen molar-refractivity contribution < 1.29 is 18.7 Å². The van der Waals surface area contributed by atoms with Crippen molar-refractivity contribution in [1.29, 1.82) is 0 Å². The van der Waals surface area contributed by atoms with Crippen molar-refractivity contribution in [3.05, 3.63) is 59.0 Å². The minimum Gasteiger partial charge on any atom is -0.381 e. The maximum absolute atomic E-state index is 13.4. The maximum Gasteiger partial charge on any atom is 0.253 e.